The Bertz CT molecular complexity index is 824. The molecule has 2 rings (SSSR count). The Hall–Kier alpha value is -2.04. The van der Waals surface area contributed by atoms with Gasteiger partial charge in [-0.1, -0.05) is 61.3 Å². The van der Waals surface area contributed by atoms with Gasteiger partial charge in [-0.2, -0.15) is 0 Å². The van der Waals surface area contributed by atoms with E-state index in [1.807, 2.05) is 45.0 Å². The van der Waals surface area contributed by atoms with Gasteiger partial charge in [-0.3, -0.25) is 9.59 Å². The second-order valence-corrected chi connectivity index (χ2v) is 8.07. The molecule has 0 spiro atoms. The Labute approximate surface area is 183 Å². The van der Waals surface area contributed by atoms with Gasteiger partial charge in [-0.05, 0) is 55.2 Å². The standard InChI is InChI=1S/C23H28Cl2N2O2/c1-4-16(3)26-23(29)21(5-2)27(15-17-9-11-19(24)12-10-17)22(28)14-18-7-6-8-20(25)13-18/h6-13,16,21H,4-5,14-15H2,1-3H3,(H,26,29)/t16-,21-/m1/s1. The van der Waals surface area contributed by atoms with Crippen molar-refractivity contribution in [1.29, 1.82) is 0 Å². The van der Waals surface area contributed by atoms with Crippen LogP contribution in [0.2, 0.25) is 10.0 Å². The first kappa shape index (κ1) is 23.2. The number of carbonyl (C=O) groups excluding carboxylic acids is 2. The molecule has 0 radical (unpaired) electrons. The normalized spacial score (nSPS) is 12.9. The predicted octanol–water partition coefficient (Wildman–Crippen LogP) is 5.26. The summed E-state index contributed by atoms with van der Waals surface area (Å²) in [5.41, 5.74) is 1.74. The molecule has 29 heavy (non-hydrogen) atoms. The van der Waals surface area contributed by atoms with Gasteiger partial charge in [-0.25, -0.2) is 0 Å². The predicted molar refractivity (Wildman–Crippen MR) is 119 cm³/mol. The molecule has 0 aliphatic carbocycles. The van der Waals surface area contributed by atoms with Crippen LogP contribution in [0.1, 0.15) is 44.7 Å². The highest BCUT2D eigenvalue weighted by Gasteiger charge is 2.29. The van der Waals surface area contributed by atoms with Crippen molar-refractivity contribution in [2.24, 2.45) is 0 Å². The third kappa shape index (κ3) is 7.06. The van der Waals surface area contributed by atoms with E-state index in [1.54, 1.807) is 29.2 Å². The van der Waals surface area contributed by atoms with Crippen molar-refractivity contribution in [3.05, 3.63) is 69.7 Å². The van der Waals surface area contributed by atoms with E-state index in [0.29, 0.717) is 23.0 Å². The summed E-state index contributed by atoms with van der Waals surface area (Å²) in [6.07, 6.45) is 1.54. The van der Waals surface area contributed by atoms with Gasteiger partial charge in [0.05, 0.1) is 6.42 Å². The lowest BCUT2D eigenvalue weighted by molar-refractivity contribution is -0.141. The molecule has 0 saturated carbocycles. The van der Waals surface area contributed by atoms with Crippen LogP contribution >= 0.6 is 23.2 Å². The van der Waals surface area contributed by atoms with Gasteiger partial charge in [0.1, 0.15) is 6.04 Å². The first-order valence-electron chi connectivity index (χ1n) is 9.92. The van der Waals surface area contributed by atoms with Gasteiger partial charge < -0.3 is 10.2 Å². The van der Waals surface area contributed by atoms with E-state index in [1.165, 1.54) is 0 Å². The highest BCUT2D eigenvalue weighted by atomic mass is 35.5. The Morgan fingerprint density at radius 2 is 1.66 bits per heavy atom. The van der Waals surface area contributed by atoms with Crippen LogP contribution in [-0.2, 0) is 22.6 Å². The molecule has 6 heteroatoms. The van der Waals surface area contributed by atoms with Crippen LogP contribution < -0.4 is 5.32 Å². The molecule has 0 bridgehead atoms. The molecule has 0 aliphatic heterocycles. The van der Waals surface area contributed by atoms with Crippen molar-refractivity contribution >= 4 is 35.0 Å². The Morgan fingerprint density at radius 1 is 0.966 bits per heavy atom. The Kier molecular flexibility index (Phi) is 8.99. The lowest BCUT2D eigenvalue weighted by atomic mass is 10.1. The molecule has 0 fully saturated rings. The van der Waals surface area contributed by atoms with E-state index in [0.717, 1.165) is 17.5 Å². The number of halogens is 2. The molecule has 2 atom stereocenters. The zero-order valence-electron chi connectivity index (χ0n) is 17.1. The van der Waals surface area contributed by atoms with Crippen molar-refractivity contribution in [2.75, 3.05) is 0 Å². The molecule has 156 valence electrons. The number of nitrogens with zero attached hydrogens (tertiary/aromatic N) is 1. The molecule has 0 heterocycles. The molecule has 1 N–H and O–H groups in total. The van der Waals surface area contributed by atoms with Gasteiger partial charge in [0.2, 0.25) is 11.8 Å². The minimum Gasteiger partial charge on any atom is -0.352 e. The highest BCUT2D eigenvalue weighted by Crippen LogP contribution is 2.18. The minimum absolute atomic E-state index is 0.0527. The molecular weight excluding hydrogens is 407 g/mol. The van der Waals surface area contributed by atoms with Gasteiger partial charge in [0, 0.05) is 22.6 Å². The number of benzene rings is 2. The molecule has 0 saturated heterocycles. The Balaban J connectivity index is 2.28. The molecule has 2 aromatic carbocycles. The quantitative estimate of drug-likeness (QED) is 0.584. The van der Waals surface area contributed by atoms with Crippen molar-refractivity contribution in [2.45, 2.75) is 58.7 Å². The number of nitrogens with one attached hydrogen (secondary N) is 1. The van der Waals surface area contributed by atoms with Crippen LogP contribution in [0.15, 0.2) is 48.5 Å². The molecule has 2 aromatic rings. The van der Waals surface area contributed by atoms with Crippen LogP contribution in [-0.4, -0.2) is 28.8 Å². The zero-order chi connectivity index (χ0) is 21.4. The zero-order valence-corrected chi connectivity index (χ0v) is 18.6. The van der Waals surface area contributed by atoms with E-state index in [9.17, 15) is 9.59 Å². The fourth-order valence-electron chi connectivity index (χ4n) is 3.07. The van der Waals surface area contributed by atoms with Gasteiger partial charge in [-0.15, -0.1) is 0 Å². The summed E-state index contributed by atoms with van der Waals surface area (Å²) >= 11 is 12.1. The molecular formula is C23H28Cl2N2O2. The first-order chi connectivity index (χ1) is 13.8. The van der Waals surface area contributed by atoms with Crippen molar-refractivity contribution in [1.82, 2.24) is 10.2 Å². The molecule has 4 nitrogen and oxygen atoms in total. The number of hydrogen-bond donors (Lipinski definition) is 1. The van der Waals surface area contributed by atoms with E-state index in [4.69, 9.17) is 23.2 Å². The van der Waals surface area contributed by atoms with Crippen LogP contribution in [0.25, 0.3) is 0 Å². The smallest absolute Gasteiger partial charge is 0.243 e. The van der Waals surface area contributed by atoms with Crippen LogP contribution in [0.3, 0.4) is 0 Å². The molecule has 0 aromatic heterocycles. The maximum absolute atomic E-state index is 13.2. The van der Waals surface area contributed by atoms with Gasteiger partial charge >= 0.3 is 0 Å². The van der Waals surface area contributed by atoms with Crippen molar-refractivity contribution in [3.63, 3.8) is 0 Å². The summed E-state index contributed by atoms with van der Waals surface area (Å²) in [6.45, 7) is 6.23. The van der Waals surface area contributed by atoms with Gasteiger partial charge in [0.15, 0.2) is 0 Å². The SMILES string of the molecule is CC[C@@H](C)NC(=O)[C@@H](CC)N(Cc1ccc(Cl)cc1)C(=O)Cc1cccc(Cl)c1. The second kappa shape index (κ2) is 11.2. The minimum atomic E-state index is -0.550. The Morgan fingerprint density at radius 3 is 2.24 bits per heavy atom. The van der Waals surface area contributed by atoms with Crippen LogP contribution in [0.4, 0.5) is 0 Å². The summed E-state index contributed by atoms with van der Waals surface area (Å²) in [5.74, 6) is -0.247. The van der Waals surface area contributed by atoms with E-state index in [-0.39, 0.29) is 24.3 Å². The van der Waals surface area contributed by atoms with E-state index < -0.39 is 6.04 Å². The lowest BCUT2D eigenvalue weighted by Crippen LogP contribution is -2.51. The van der Waals surface area contributed by atoms with Gasteiger partial charge in [0.25, 0.3) is 0 Å². The maximum Gasteiger partial charge on any atom is 0.243 e. The summed E-state index contributed by atoms with van der Waals surface area (Å²) in [6, 6.07) is 14.1. The average molecular weight is 435 g/mol. The summed E-state index contributed by atoms with van der Waals surface area (Å²) in [5, 5.41) is 4.22. The molecule has 2 amide bonds. The molecule has 0 unspecified atom stereocenters. The summed E-state index contributed by atoms with van der Waals surface area (Å²) < 4.78 is 0. The summed E-state index contributed by atoms with van der Waals surface area (Å²) in [7, 11) is 0. The fourth-order valence-corrected chi connectivity index (χ4v) is 3.41. The number of hydrogen-bond acceptors (Lipinski definition) is 2. The fraction of sp³-hybridized carbons (Fsp3) is 0.391. The average Bonchev–Trinajstić information content (AvgIpc) is 2.69. The first-order valence-corrected chi connectivity index (χ1v) is 10.7. The van der Waals surface area contributed by atoms with E-state index >= 15 is 0 Å². The third-order valence-electron chi connectivity index (χ3n) is 4.90. The monoisotopic (exact) mass is 434 g/mol. The van der Waals surface area contributed by atoms with Crippen molar-refractivity contribution < 1.29 is 9.59 Å². The topological polar surface area (TPSA) is 49.4 Å². The van der Waals surface area contributed by atoms with Crippen LogP contribution in [0, 0.1) is 0 Å². The lowest BCUT2D eigenvalue weighted by Gasteiger charge is -2.31. The number of amides is 2. The number of carbonyl (C=O) groups is 2. The highest BCUT2D eigenvalue weighted by molar-refractivity contribution is 6.30. The van der Waals surface area contributed by atoms with Crippen LogP contribution in [0.5, 0.6) is 0 Å². The third-order valence-corrected chi connectivity index (χ3v) is 5.38. The molecule has 0 aliphatic rings. The maximum atomic E-state index is 13.2. The number of rotatable bonds is 9. The second-order valence-electron chi connectivity index (χ2n) is 7.20. The summed E-state index contributed by atoms with van der Waals surface area (Å²) in [4.78, 5) is 27.8. The van der Waals surface area contributed by atoms with E-state index in [2.05, 4.69) is 5.32 Å². The largest absolute Gasteiger partial charge is 0.352 e. The van der Waals surface area contributed by atoms with Crippen molar-refractivity contribution in [3.8, 4) is 0 Å².